The molecule has 0 aliphatic carbocycles. The van der Waals surface area contributed by atoms with Crippen molar-refractivity contribution < 1.29 is 4.74 Å². The van der Waals surface area contributed by atoms with Crippen molar-refractivity contribution in [2.24, 2.45) is 0 Å². The smallest absolute Gasteiger partial charge is 0.172 e. The van der Waals surface area contributed by atoms with Gasteiger partial charge in [0.2, 0.25) is 0 Å². The van der Waals surface area contributed by atoms with Gasteiger partial charge in [-0.15, -0.1) is 0 Å². The molecule has 0 saturated heterocycles. The van der Waals surface area contributed by atoms with Crippen molar-refractivity contribution in [1.82, 2.24) is 10.3 Å². The molecule has 0 saturated carbocycles. The predicted molar refractivity (Wildman–Crippen MR) is 99.2 cm³/mol. The van der Waals surface area contributed by atoms with E-state index in [0.717, 1.165) is 17.3 Å². The SMILES string of the molecule is Cc1cccc(NC(=S)N[C@H](C)COc2ccc(C)c(C)c2)n1. The average Bonchev–Trinajstić information content (AvgIpc) is 2.48. The van der Waals surface area contributed by atoms with E-state index in [1.807, 2.05) is 38.1 Å². The maximum Gasteiger partial charge on any atom is 0.172 e. The first-order valence-corrected chi connectivity index (χ1v) is 8.06. The number of aryl methyl sites for hydroxylation is 3. The minimum atomic E-state index is 0.0846. The standard InChI is InChI=1S/C18H23N3OS/c1-12-8-9-16(10-13(12)2)22-11-15(4)20-18(23)21-17-7-5-6-14(3)19-17/h5-10,15H,11H2,1-4H3,(H2,19,20,21,23)/t15-/m1/s1. The van der Waals surface area contributed by atoms with E-state index in [2.05, 4.69) is 41.6 Å². The molecule has 0 aliphatic heterocycles. The summed E-state index contributed by atoms with van der Waals surface area (Å²) in [7, 11) is 0. The molecule has 0 fully saturated rings. The molecule has 1 atom stereocenters. The van der Waals surface area contributed by atoms with Gasteiger partial charge in [-0.1, -0.05) is 12.1 Å². The van der Waals surface area contributed by atoms with Crippen molar-refractivity contribution >= 4 is 23.1 Å². The summed E-state index contributed by atoms with van der Waals surface area (Å²) < 4.78 is 5.81. The number of thiocarbonyl (C=S) groups is 1. The zero-order valence-corrected chi connectivity index (χ0v) is 14.8. The Morgan fingerprint density at radius 2 is 1.96 bits per heavy atom. The molecule has 2 rings (SSSR count). The molecule has 0 aliphatic rings. The Bertz CT molecular complexity index is 688. The van der Waals surface area contributed by atoms with Crippen LogP contribution < -0.4 is 15.4 Å². The van der Waals surface area contributed by atoms with E-state index < -0.39 is 0 Å². The first-order valence-electron chi connectivity index (χ1n) is 7.65. The Kier molecular flexibility index (Phi) is 5.93. The number of pyridine rings is 1. The van der Waals surface area contributed by atoms with Crippen molar-refractivity contribution in [3.63, 3.8) is 0 Å². The number of nitrogens with zero attached hydrogens (tertiary/aromatic N) is 1. The molecule has 2 aromatic rings. The van der Waals surface area contributed by atoms with Crippen LogP contribution in [0.25, 0.3) is 0 Å². The maximum atomic E-state index is 5.81. The first kappa shape index (κ1) is 17.2. The number of rotatable bonds is 5. The monoisotopic (exact) mass is 329 g/mol. The molecule has 1 aromatic heterocycles. The lowest BCUT2D eigenvalue weighted by Gasteiger charge is -2.18. The second-order valence-electron chi connectivity index (χ2n) is 5.72. The van der Waals surface area contributed by atoms with Gasteiger partial charge in [-0.2, -0.15) is 0 Å². The highest BCUT2D eigenvalue weighted by Gasteiger charge is 2.07. The quantitative estimate of drug-likeness (QED) is 0.818. The van der Waals surface area contributed by atoms with Crippen LogP contribution in [0.5, 0.6) is 5.75 Å². The van der Waals surface area contributed by atoms with Crippen molar-refractivity contribution in [3.8, 4) is 5.75 Å². The van der Waals surface area contributed by atoms with Gasteiger partial charge in [0.1, 0.15) is 18.2 Å². The van der Waals surface area contributed by atoms with Crippen molar-refractivity contribution in [1.29, 1.82) is 0 Å². The fourth-order valence-electron chi connectivity index (χ4n) is 2.06. The molecule has 1 aromatic carbocycles. The predicted octanol–water partition coefficient (Wildman–Crippen LogP) is 3.76. The fourth-order valence-corrected chi connectivity index (χ4v) is 2.36. The highest BCUT2D eigenvalue weighted by molar-refractivity contribution is 7.80. The van der Waals surface area contributed by atoms with Crippen LogP contribution in [0.3, 0.4) is 0 Å². The van der Waals surface area contributed by atoms with Gasteiger partial charge in [-0.3, -0.25) is 0 Å². The molecule has 0 bridgehead atoms. The van der Waals surface area contributed by atoms with Crippen molar-refractivity contribution in [3.05, 3.63) is 53.2 Å². The molecule has 4 nitrogen and oxygen atoms in total. The number of hydrogen-bond donors (Lipinski definition) is 2. The summed E-state index contributed by atoms with van der Waals surface area (Å²) in [6.07, 6.45) is 0. The molecular formula is C18H23N3OS. The van der Waals surface area contributed by atoms with E-state index in [9.17, 15) is 0 Å². The summed E-state index contributed by atoms with van der Waals surface area (Å²) in [5.74, 6) is 1.62. The zero-order chi connectivity index (χ0) is 16.8. The minimum absolute atomic E-state index is 0.0846. The number of hydrogen-bond acceptors (Lipinski definition) is 3. The van der Waals surface area contributed by atoms with Crippen LogP contribution in [0.15, 0.2) is 36.4 Å². The second kappa shape index (κ2) is 7.92. The molecule has 0 unspecified atom stereocenters. The first-order chi connectivity index (χ1) is 10.9. The Morgan fingerprint density at radius 3 is 2.65 bits per heavy atom. The van der Waals surface area contributed by atoms with E-state index in [0.29, 0.717) is 11.7 Å². The molecule has 23 heavy (non-hydrogen) atoms. The third-order valence-electron chi connectivity index (χ3n) is 3.49. The summed E-state index contributed by atoms with van der Waals surface area (Å²) in [5, 5.41) is 6.82. The normalized spacial score (nSPS) is 11.7. The van der Waals surface area contributed by atoms with Gasteiger partial charge in [0, 0.05) is 5.69 Å². The summed E-state index contributed by atoms with van der Waals surface area (Å²) in [5.41, 5.74) is 3.44. The average molecular weight is 329 g/mol. The van der Waals surface area contributed by atoms with Gasteiger partial charge >= 0.3 is 0 Å². The van der Waals surface area contributed by atoms with Gasteiger partial charge in [0.25, 0.3) is 0 Å². The number of benzene rings is 1. The molecule has 5 heteroatoms. The van der Waals surface area contributed by atoms with Gasteiger partial charge in [-0.25, -0.2) is 4.98 Å². The van der Waals surface area contributed by atoms with E-state index in [1.54, 1.807) is 0 Å². The highest BCUT2D eigenvalue weighted by Crippen LogP contribution is 2.16. The van der Waals surface area contributed by atoms with E-state index >= 15 is 0 Å². The zero-order valence-electron chi connectivity index (χ0n) is 14.0. The summed E-state index contributed by atoms with van der Waals surface area (Å²) in [6, 6.07) is 12.0. The topological polar surface area (TPSA) is 46.2 Å². The lowest BCUT2D eigenvalue weighted by atomic mass is 10.1. The summed E-state index contributed by atoms with van der Waals surface area (Å²) in [6.45, 7) is 8.68. The lowest BCUT2D eigenvalue weighted by molar-refractivity contribution is 0.287. The lowest BCUT2D eigenvalue weighted by Crippen LogP contribution is -2.39. The number of ether oxygens (including phenoxy) is 1. The molecule has 0 amide bonds. The van der Waals surface area contributed by atoms with E-state index in [-0.39, 0.29) is 6.04 Å². The van der Waals surface area contributed by atoms with Crippen LogP contribution in [0.2, 0.25) is 0 Å². The summed E-state index contributed by atoms with van der Waals surface area (Å²) >= 11 is 5.31. The van der Waals surface area contributed by atoms with Gasteiger partial charge < -0.3 is 15.4 Å². The van der Waals surface area contributed by atoms with Crippen LogP contribution in [0.4, 0.5) is 5.82 Å². The van der Waals surface area contributed by atoms with E-state index in [1.165, 1.54) is 11.1 Å². The highest BCUT2D eigenvalue weighted by atomic mass is 32.1. The largest absolute Gasteiger partial charge is 0.491 e. The Hall–Kier alpha value is -2.14. The minimum Gasteiger partial charge on any atom is -0.491 e. The second-order valence-corrected chi connectivity index (χ2v) is 6.13. The Balaban J connectivity index is 1.80. The number of nitrogens with one attached hydrogen (secondary N) is 2. The van der Waals surface area contributed by atoms with E-state index in [4.69, 9.17) is 17.0 Å². The Morgan fingerprint density at radius 1 is 1.17 bits per heavy atom. The van der Waals surface area contributed by atoms with Gasteiger partial charge in [0.15, 0.2) is 5.11 Å². The number of aromatic nitrogens is 1. The molecule has 122 valence electrons. The van der Waals surface area contributed by atoms with Gasteiger partial charge in [0.05, 0.1) is 6.04 Å². The van der Waals surface area contributed by atoms with Crippen LogP contribution in [-0.4, -0.2) is 22.7 Å². The maximum absolute atomic E-state index is 5.81. The third-order valence-corrected chi connectivity index (χ3v) is 3.71. The molecule has 0 radical (unpaired) electrons. The molecular weight excluding hydrogens is 306 g/mol. The molecule has 0 spiro atoms. The molecule has 1 heterocycles. The van der Waals surface area contributed by atoms with Gasteiger partial charge in [-0.05, 0) is 75.3 Å². The Labute approximate surface area is 143 Å². The number of anilines is 1. The van der Waals surface area contributed by atoms with Crippen LogP contribution >= 0.6 is 12.2 Å². The summed E-state index contributed by atoms with van der Waals surface area (Å²) in [4.78, 5) is 4.36. The van der Waals surface area contributed by atoms with Crippen LogP contribution in [0, 0.1) is 20.8 Å². The van der Waals surface area contributed by atoms with Crippen LogP contribution in [0.1, 0.15) is 23.7 Å². The fraction of sp³-hybridized carbons (Fsp3) is 0.333. The third kappa shape index (κ3) is 5.53. The van der Waals surface area contributed by atoms with Crippen molar-refractivity contribution in [2.75, 3.05) is 11.9 Å². The van der Waals surface area contributed by atoms with Crippen molar-refractivity contribution in [2.45, 2.75) is 33.7 Å². The molecule has 2 N–H and O–H groups in total. The van der Waals surface area contributed by atoms with Crippen LogP contribution in [-0.2, 0) is 0 Å².